The van der Waals surface area contributed by atoms with E-state index in [2.05, 4.69) is 38.2 Å². The van der Waals surface area contributed by atoms with Crippen LogP contribution in [0.4, 0.5) is 5.69 Å². The molecule has 0 radical (unpaired) electrons. The molecule has 3 aromatic rings. The van der Waals surface area contributed by atoms with Gasteiger partial charge < -0.3 is 24.8 Å². The minimum absolute atomic E-state index is 0.0378. The molecule has 2 N–H and O–H groups in total. The van der Waals surface area contributed by atoms with Gasteiger partial charge in [-0.15, -0.1) is 0 Å². The minimum Gasteiger partial charge on any atom is -0.504 e. The molecule has 3 aliphatic heterocycles. The molecule has 3 heterocycles. The SMILES string of the molecule is COc1c(O)ccc2c1-c1ccc3c(c1/C(=C/c1cccc(Cl)c1C(=O)N1CCCC1)O2)C(C)=CC(C)(C)N3. The molecule has 0 bridgehead atoms. The topological polar surface area (TPSA) is 71.0 Å². The number of aromatic hydroxyl groups is 1. The Kier molecular flexibility index (Phi) is 6.11. The van der Waals surface area contributed by atoms with Crippen LogP contribution in [0.25, 0.3) is 28.5 Å². The van der Waals surface area contributed by atoms with Crippen molar-refractivity contribution in [2.45, 2.75) is 39.2 Å². The monoisotopic (exact) mass is 542 g/mol. The second kappa shape index (κ2) is 9.38. The van der Waals surface area contributed by atoms with Crippen molar-refractivity contribution in [2.24, 2.45) is 0 Å². The Morgan fingerprint density at radius 1 is 1.10 bits per heavy atom. The van der Waals surface area contributed by atoms with Crippen LogP contribution in [0.2, 0.25) is 5.02 Å². The summed E-state index contributed by atoms with van der Waals surface area (Å²) in [5.74, 6) is 1.47. The molecule has 0 aliphatic carbocycles. The molecule has 0 atom stereocenters. The number of carbonyl (C=O) groups is 1. The van der Waals surface area contributed by atoms with Crippen molar-refractivity contribution in [2.75, 3.05) is 25.5 Å². The average Bonchev–Trinajstić information content (AvgIpc) is 3.43. The first kappa shape index (κ1) is 25.4. The number of nitrogens with zero attached hydrogens (tertiary/aromatic N) is 1. The Balaban J connectivity index is 1.61. The number of anilines is 1. The van der Waals surface area contributed by atoms with E-state index in [1.54, 1.807) is 18.2 Å². The van der Waals surface area contributed by atoms with Gasteiger partial charge in [-0.05, 0) is 75.1 Å². The molecule has 6 rings (SSSR count). The fourth-order valence-corrected chi connectivity index (χ4v) is 6.32. The molecule has 0 spiro atoms. The van der Waals surface area contributed by atoms with Crippen molar-refractivity contribution in [1.29, 1.82) is 0 Å². The second-order valence-electron chi connectivity index (χ2n) is 10.9. The molecule has 1 amide bonds. The number of ether oxygens (including phenoxy) is 2. The summed E-state index contributed by atoms with van der Waals surface area (Å²) in [4.78, 5) is 15.4. The molecule has 0 unspecified atom stereocenters. The van der Waals surface area contributed by atoms with Crippen LogP contribution >= 0.6 is 11.6 Å². The maximum Gasteiger partial charge on any atom is 0.255 e. The van der Waals surface area contributed by atoms with E-state index in [0.29, 0.717) is 39.0 Å². The average molecular weight is 543 g/mol. The van der Waals surface area contributed by atoms with E-state index < -0.39 is 0 Å². The van der Waals surface area contributed by atoms with Crippen LogP contribution in [0, 0.1) is 0 Å². The predicted molar refractivity (Wildman–Crippen MR) is 157 cm³/mol. The maximum absolute atomic E-state index is 13.6. The van der Waals surface area contributed by atoms with Gasteiger partial charge in [-0.1, -0.05) is 35.9 Å². The first-order valence-electron chi connectivity index (χ1n) is 13.2. The highest BCUT2D eigenvalue weighted by atomic mass is 35.5. The van der Waals surface area contributed by atoms with E-state index in [1.165, 1.54) is 7.11 Å². The zero-order valence-electron chi connectivity index (χ0n) is 22.5. The van der Waals surface area contributed by atoms with Crippen LogP contribution in [0.3, 0.4) is 0 Å². The Bertz CT molecular complexity index is 1580. The van der Waals surface area contributed by atoms with Crippen LogP contribution < -0.4 is 14.8 Å². The quantitative estimate of drug-likeness (QED) is 0.359. The van der Waals surface area contributed by atoms with Crippen molar-refractivity contribution in [3.63, 3.8) is 0 Å². The maximum atomic E-state index is 13.6. The standard InChI is InChI=1S/C32H31ClN2O4/c1-18-17-32(2,3)34-22-11-10-20-28(26(18)22)25(39-24-13-12-23(36)30(38-4)29(20)24)16-19-8-7-9-21(33)27(19)31(37)35-14-5-6-15-35/h7-13,16-17,34,36H,5-6,14-15H2,1-4H3/b25-16-. The summed E-state index contributed by atoms with van der Waals surface area (Å²) in [7, 11) is 1.54. The number of allylic oxidation sites excluding steroid dienone is 1. The lowest BCUT2D eigenvalue weighted by Gasteiger charge is -2.35. The molecule has 3 aromatic carbocycles. The summed E-state index contributed by atoms with van der Waals surface area (Å²) in [5.41, 5.74) is 6.45. The highest BCUT2D eigenvalue weighted by Crippen LogP contribution is 2.54. The number of methoxy groups -OCH3 is 1. The van der Waals surface area contributed by atoms with E-state index in [4.69, 9.17) is 21.1 Å². The van der Waals surface area contributed by atoms with Gasteiger partial charge in [-0.3, -0.25) is 4.79 Å². The van der Waals surface area contributed by atoms with Gasteiger partial charge in [0.25, 0.3) is 5.91 Å². The summed E-state index contributed by atoms with van der Waals surface area (Å²) in [6.45, 7) is 7.82. The Hall–Kier alpha value is -3.90. The van der Waals surface area contributed by atoms with E-state index in [0.717, 1.165) is 53.9 Å². The number of hydrogen-bond acceptors (Lipinski definition) is 5. The zero-order valence-corrected chi connectivity index (χ0v) is 23.3. The molecular formula is C32H31ClN2O4. The number of phenolic OH excluding ortho intramolecular Hbond substituents is 1. The summed E-state index contributed by atoms with van der Waals surface area (Å²) in [5, 5.41) is 14.6. The van der Waals surface area contributed by atoms with Crippen molar-refractivity contribution in [3.05, 3.63) is 75.8 Å². The first-order chi connectivity index (χ1) is 18.7. The van der Waals surface area contributed by atoms with Crippen molar-refractivity contribution >= 4 is 40.6 Å². The number of phenols is 1. The fourth-order valence-electron chi connectivity index (χ4n) is 6.06. The van der Waals surface area contributed by atoms with Gasteiger partial charge in [0.2, 0.25) is 0 Å². The fraction of sp³-hybridized carbons (Fsp3) is 0.281. The number of amides is 1. The molecule has 200 valence electrons. The van der Waals surface area contributed by atoms with Gasteiger partial charge in [-0.2, -0.15) is 0 Å². The smallest absolute Gasteiger partial charge is 0.255 e. The normalized spacial score (nSPS) is 17.9. The summed E-state index contributed by atoms with van der Waals surface area (Å²) < 4.78 is 12.2. The number of halogens is 1. The van der Waals surface area contributed by atoms with Crippen LogP contribution in [0.5, 0.6) is 17.2 Å². The number of fused-ring (bicyclic) bond motifs is 5. The highest BCUT2D eigenvalue weighted by molar-refractivity contribution is 6.34. The Morgan fingerprint density at radius 3 is 2.62 bits per heavy atom. The number of nitrogens with one attached hydrogen (secondary N) is 1. The zero-order chi connectivity index (χ0) is 27.5. The number of rotatable bonds is 3. The van der Waals surface area contributed by atoms with Crippen molar-refractivity contribution in [3.8, 4) is 28.4 Å². The van der Waals surface area contributed by atoms with E-state index in [-0.39, 0.29) is 17.2 Å². The lowest BCUT2D eigenvalue weighted by atomic mass is 9.82. The van der Waals surface area contributed by atoms with E-state index in [1.807, 2.05) is 29.2 Å². The second-order valence-corrected chi connectivity index (χ2v) is 11.3. The number of carbonyl (C=O) groups excluding carboxylic acids is 1. The lowest BCUT2D eigenvalue weighted by molar-refractivity contribution is 0.0793. The number of likely N-dealkylation sites (tertiary alicyclic amines) is 1. The minimum atomic E-state index is -0.221. The van der Waals surface area contributed by atoms with Gasteiger partial charge >= 0.3 is 0 Å². The molecular weight excluding hydrogens is 512 g/mol. The first-order valence-corrected chi connectivity index (χ1v) is 13.6. The van der Waals surface area contributed by atoms with Crippen LogP contribution in [-0.4, -0.2) is 41.7 Å². The molecule has 39 heavy (non-hydrogen) atoms. The van der Waals surface area contributed by atoms with Gasteiger partial charge in [0, 0.05) is 35.5 Å². The highest BCUT2D eigenvalue weighted by Gasteiger charge is 2.34. The molecule has 3 aliphatic rings. The third-order valence-electron chi connectivity index (χ3n) is 7.61. The third-order valence-corrected chi connectivity index (χ3v) is 7.93. The van der Waals surface area contributed by atoms with Crippen molar-refractivity contribution in [1.82, 2.24) is 4.90 Å². The van der Waals surface area contributed by atoms with Gasteiger partial charge in [-0.25, -0.2) is 0 Å². The molecule has 6 nitrogen and oxygen atoms in total. The van der Waals surface area contributed by atoms with E-state index in [9.17, 15) is 9.90 Å². The van der Waals surface area contributed by atoms with Crippen LogP contribution in [0.1, 0.15) is 60.7 Å². The number of benzene rings is 3. The molecule has 1 fully saturated rings. The summed E-state index contributed by atoms with van der Waals surface area (Å²) in [6.07, 6.45) is 6.10. The van der Waals surface area contributed by atoms with Gasteiger partial charge in [0.15, 0.2) is 11.5 Å². The number of hydrogen-bond donors (Lipinski definition) is 2. The summed E-state index contributed by atoms with van der Waals surface area (Å²) >= 11 is 6.65. The largest absolute Gasteiger partial charge is 0.504 e. The molecule has 7 heteroatoms. The molecule has 0 saturated carbocycles. The lowest BCUT2D eigenvalue weighted by Crippen LogP contribution is -2.32. The molecule has 1 saturated heterocycles. The van der Waals surface area contributed by atoms with Crippen LogP contribution in [0.15, 0.2) is 48.5 Å². The third kappa shape index (κ3) is 4.23. The Labute approximate surface area is 233 Å². The Morgan fingerprint density at radius 2 is 1.87 bits per heavy atom. The van der Waals surface area contributed by atoms with Gasteiger partial charge in [0.05, 0.1) is 28.8 Å². The van der Waals surface area contributed by atoms with Crippen LogP contribution in [-0.2, 0) is 0 Å². The van der Waals surface area contributed by atoms with Gasteiger partial charge in [0.1, 0.15) is 11.5 Å². The summed E-state index contributed by atoms with van der Waals surface area (Å²) in [6, 6.07) is 12.9. The van der Waals surface area contributed by atoms with E-state index >= 15 is 0 Å². The predicted octanol–water partition coefficient (Wildman–Crippen LogP) is 7.46. The van der Waals surface area contributed by atoms with Crippen molar-refractivity contribution < 1.29 is 19.4 Å². The molecule has 0 aromatic heterocycles.